The molecule has 0 amide bonds. The lowest BCUT2D eigenvalue weighted by molar-refractivity contribution is 0.476. The van der Waals surface area contributed by atoms with Crippen molar-refractivity contribution >= 4 is 39.2 Å². The van der Waals surface area contributed by atoms with Crippen LogP contribution in [0.3, 0.4) is 0 Å². The van der Waals surface area contributed by atoms with Crippen LogP contribution in [0.5, 0.6) is 5.75 Å². The van der Waals surface area contributed by atoms with Gasteiger partial charge in [0.15, 0.2) is 5.69 Å². The second-order valence-electron chi connectivity index (χ2n) is 4.42. The van der Waals surface area contributed by atoms with Crippen molar-refractivity contribution in [2.75, 3.05) is 0 Å². The number of aromatic hydroxyl groups is 1. The Balaban J connectivity index is 2.26. The molecule has 21 heavy (non-hydrogen) atoms. The number of halogens is 1. The highest BCUT2D eigenvalue weighted by atomic mass is 127. The Labute approximate surface area is 132 Å². The summed E-state index contributed by atoms with van der Waals surface area (Å²) in [6.07, 6.45) is 0. The standard InChI is InChI=1S/C15H8INO4/c16-10-3-1-8(2-4-10)11-5-9-6-13(18)12(17-20)7-14(9)21-15(11)19/h1-7,18H. The second kappa shape index (κ2) is 5.28. The lowest BCUT2D eigenvalue weighted by Gasteiger charge is -2.04. The van der Waals surface area contributed by atoms with Gasteiger partial charge in [-0.25, -0.2) is 4.79 Å². The molecule has 2 aromatic carbocycles. The molecular weight excluding hydrogens is 385 g/mol. The third kappa shape index (κ3) is 2.54. The van der Waals surface area contributed by atoms with Gasteiger partial charge in [-0.15, -0.1) is 4.91 Å². The average Bonchev–Trinajstić information content (AvgIpc) is 2.47. The third-order valence-electron chi connectivity index (χ3n) is 3.08. The summed E-state index contributed by atoms with van der Waals surface area (Å²) in [5.74, 6) is -0.250. The van der Waals surface area contributed by atoms with Crippen molar-refractivity contribution in [1.82, 2.24) is 0 Å². The number of phenols is 1. The van der Waals surface area contributed by atoms with Gasteiger partial charge >= 0.3 is 5.63 Å². The van der Waals surface area contributed by atoms with Crippen molar-refractivity contribution in [3.05, 3.63) is 61.4 Å². The molecule has 0 saturated carbocycles. The summed E-state index contributed by atoms with van der Waals surface area (Å²) in [7, 11) is 0. The molecule has 3 aromatic rings. The molecule has 1 N–H and O–H groups in total. The van der Waals surface area contributed by atoms with Gasteiger partial charge in [-0.05, 0) is 57.6 Å². The third-order valence-corrected chi connectivity index (χ3v) is 3.80. The molecule has 104 valence electrons. The first-order valence-corrected chi connectivity index (χ1v) is 7.06. The number of hydrogen-bond acceptors (Lipinski definition) is 5. The Morgan fingerprint density at radius 3 is 2.48 bits per heavy atom. The average molecular weight is 393 g/mol. The van der Waals surface area contributed by atoms with Crippen LogP contribution >= 0.6 is 22.6 Å². The van der Waals surface area contributed by atoms with Crippen LogP contribution in [0.25, 0.3) is 22.1 Å². The van der Waals surface area contributed by atoms with Crippen LogP contribution in [0.1, 0.15) is 0 Å². The number of nitrogens with zero attached hydrogens (tertiary/aromatic N) is 1. The molecule has 0 radical (unpaired) electrons. The normalized spacial score (nSPS) is 10.7. The first-order chi connectivity index (χ1) is 10.1. The lowest BCUT2D eigenvalue weighted by Crippen LogP contribution is -2.02. The van der Waals surface area contributed by atoms with E-state index < -0.39 is 5.63 Å². The van der Waals surface area contributed by atoms with Crippen LogP contribution in [0, 0.1) is 8.48 Å². The predicted octanol–water partition coefficient (Wildman–Crippen LogP) is 4.17. The van der Waals surface area contributed by atoms with Crippen LogP contribution in [0.4, 0.5) is 5.69 Å². The summed E-state index contributed by atoms with van der Waals surface area (Å²) in [6.45, 7) is 0. The zero-order chi connectivity index (χ0) is 15.0. The molecule has 0 atom stereocenters. The van der Waals surface area contributed by atoms with Crippen LogP contribution in [-0.2, 0) is 0 Å². The summed E-state index contributed by atoms with van der Waals surface area (Å²) >= 11 is 2.18. The Bertz CT molecular complexity index is 900. The predicted molar refractivity (Wildman–Crippen MR) is 87.8 cm³/mol. The summed E-state index contributed by atoms with van der Waals surface area (Å²) in [6, 6.07) is 11.6. The fourth-order valence-electron chi connectivity index (χ4n) is 2.05. The van der Waals surface area contributed by atoms with E-state index in [1.165, 1.54) is 12.1 Å². The molecule has 0 saturated heterocycles. The van der Waals surface area contributed by atoms with E-state index in [2.05, 4.69) is 27.8 Å². The largest absolute Gasteiger partial charge is 0.506 e. The van der Waals surface area contributed by atoms with Crippen molar-refractivity contribution in [3.8, 4) is 16.9 Å². The number of rotatable bonds is 2. The van der Waals surface area contributed by atoms with E-state index in [0.717, 1.165) is 9.13 Å². The quantitative estimate of drug-likeness (QED) is 0.403. The Morgan fingerprint density at radius 2 is 1.81 bits per heavy atom. The SMILES string of the molecule is O=Nc1cc2oc(=O)c(-c3ccc(I)cc3)cc2cc1O. The molecule has 0 aliphatic heterocycles. The molecule has 3 rings (SSSR count). The smallest absolute Gasteiger partial charge is 0.344 e. The van der Waals surface area contributed by atoms with E-state index in [-0.39, 0.29) is 17.0 Å². The van der Waals surface area contributed by atoms with E-state index in [4.69, 9.17) is 4.42 Å². The van der Waals surface area contributed by atoms with E-state index in [0.29, 0.717) is 10.9 Å². The zero-order valence-electron chi connectivity index (χ0n) is 10.5. The van der Waals surface area contributed by atoms with Crippen LogP contribution in [-0.4, -0.2) is 5.11 Å². The maximum absolute atomic E-state index is 12.1. The molecule has 1 aromatic heterocycles. The Hall–Kier alpha value is -2.22. The van der Waals surface area contributed by atoms with Gasteiger partial charge in [0.2, 0.25) is 0 Å². The maximum atomic E-state index is 12.1. The van der Waals surface area contributed by atoms with Crippen molar-refractivity contribution in [3.63, 3.8) is 0 Å². The van der Waals surface area contributed by atoms with E-state index >= 15 is 0 Å². The highest BCUT2D eigenvalue weighted by molar-refractivity contribution is 14.1. The first-order valence-electron chi connectivity index (χ1n) is 5.98. The molecule has 5 nitrogen and oxygen atoms in total. The van der Waals surface area contributed by atoms with E-state index in [1.54, 1.807) is 6.07 Å². The summed E-state index contributed by atoms with van der Waals surface area (Å²) in [4.78, 5) is 22.6. The number of benzene rings is 2. The summed E-state index contributed by atoms with van der Waals surface area (Å²) < 4.78 is 6.26. The minimum atomic E-state index is -0.508. The summed E-state index contributed by atoms with van der Waals surface area (Å²) in [5, 5.41) is 12.9. The monoisotopic (exact) mass is 393 g/mol. The van der Waals surface area contributed by atoms with Gasteiger partial charge in [-0.3, -0.25) is 0 Å². The lowest BCUT2D eigenvalue weighted by atomic mass is 10.1. The Kier molecular flexibility index (Phi) is 3.46. The van der Waals surface area contributed by atoms with Gasteiger partial charge in [-0.2, -0.15) is 0 Å². The molecule has 0 spiro atoms. The molecule has 0 aliphatic rings. The molecule has 6 heteroatoms. The summed E-state index contributed by atoms with van der Waals surface area (Å²) in [5.41, 5.74) is 0.661. The molecule has 0 unspecified atom stereocenters. The highest BCUT2D eigenvalue weighted by Gasteiger charge is 2.11. The van der Waals surface area contributed by atoms with Gasteiger partial charge in [0.1, 0.15) is 11.3 Å². The van der Waals surface area contributed by atoms with Crippen LogP contribution < -0.4 is 5.63 Å². The van der Waals surface area contributed by atoms with Crippen LogP contribution in [0.2, 0.25) is 0 Å². The van der Waals surface area contributed by atoms with Crippen molar-refractivity contribution in [2.24, 2.45) is 5.18 Å². The van der Waals surface area contributed by atoms with E-state index in [9.17, 15) is 14.8 Å². The Morgan fingerprint density at radius 1 is 1.10 bits per heavy atom. The molecule has 1 heterocycles. The second-order valence-corrected chi connectivity index (χ2v) is 5.67. The minimum absolute atomic E-state index is 0.160. The molecule has 0 fully saturated rings. The number of phenolic OH excluding ortho intramolecular Hbond substituents is 1. The minimum Gasteiger partial charge on any atom is -0.506 e. The zero-order valence-corrected chi connectivity index (χ0v) is 12.7. The van der Waals surface area contributed by atoms with Crippen LogP contribution in [0.15, 0.2) is 56.9 Å². The highest BCUT2D eigenvalue weighted by Crippen LogP contribution is 2.32. The number of fused-ring (bicyclic) bond motifs is 1. The first kappa shape index (κ1) is 13.7. The van der Waals surface area contributed by atoms with Gasteiger partial charge in [0.05, 0.1) is 5.56 Å². The van der Waals surface area contributed by atoms with Gasteiger partial charge in [-0.1, -0.05) is 12.1 Å². The molecule has 0 aliphatic carbocycles. The van der Waals surface area contributed by atoms with Crippen molar-refractivity contribution in [1.29, 1.82) is 0 Å². The fourth-order valence-corrected chi connectivity index (χ4v) is 2.41. The maximum Gasteiger partial charge on any atom is 0.344 e. The molecular formula is C15H8INO4. The number of hydrogen-bond donors (Lipinski definition) is 1. The number of nitroso groups, excluding NO2 is 1. The fraction of sp³-hybridized carbons (Fsp3) is 0. The van der Waals surface area contributed by atoms with E-state index in [1.807, 2.05) is 24.3 Å². The topological polar surface area (TPSA) is 79.9 Å². The van der Waals surface area contributed by atoms with Gasteiger partial charge in [0.25, 0.3) is 0 Å². The van der Waals surface area contributed by atoms with Crippen molar-refractivity contribution in [2.45, 2.75) is 0 Å². The van der Waals surface area contributed by atoms with Gasteiger partial charge < -0.3 is 9.52 Å². The van der Waals surface area contributed by atoms with Crippen molar-refractivity contribution < 1.29 is 9.52 Å². The molecule has 0 bridgehead atoms. The van der Waals surface area contributed by atoms with Gasteiger partial charge in [0, 0.05) is 15.0 Å².